The molecule has 1 unspecified atom stereocenters. The fourth-order valence-corrected chi connectivity index (χ4v) is 2.64. The van der Waals surface area contributed by atoms with Gasteiger partial charge in [0.1, 0.15) is 5.01 Å². The first kappa shape index (κ1) is 16.6. The van der Waals surface area contributed by atoms with E-state index in [0.717, 1.165) is 11.3 Å². The maximum Gasteiger partial charge on any atom is 0.357 e. The zero-order chi connectivity index (χ0) is 17.0. The van der Waals surface area contributed by atoms with Crippen molar-refractivity contribution in [1.29, 1.82) is 0 Å². The number of nitro groups is 1. The summed E-state index contributed by atoms with van der Waals surface area (Å²) in [6.07, 6.45) is -0.850. The number of methoxy groups -OCH3 is 1. The number of ether oxygens (including phenoxy) is 2. The van der Waals surface area contributed by atoms with Gasteiger partial charge >= 0.3 is 11.9 Å². The van der Waals surface area contributed by atoms with Gasteiger partial charge in [-0.25, -0.2) is 9.78 Å². The Labute approximate surface area is 134 Å². The Kier molecular flexibility index (Phi) is 5.02. The van der Waals surface area contributed by atoms with Crippen LogP contribution in [0.5, 0.6) is 0 Å². The molecule has 0 saturated carbocycles. The Morgan fingerprint density at radius 2 is 1.96 bits per heavy atom. The van der Waals surface area contributed by atoms with Gasteiger partial charge < -0.3 is 9.47 Å². The maximum atomic E-state index is 11.5. The van der Waals surface area contributed by atoms with Gasteiger partial charge in [-0.05, 0) is 17.7 Å². The second-order valence-electron chi connectivity index (χ2n) is 4.40. The standard InChI is InChI=1S/C14H12N2O6S/c1-8(17)22-12(9-3-5-10(6-4-9)16(19)20)13-15-11(7-23-13)14(18)21-2/h3-7,12H,1-2H3. The minimum atomic E-state index is -0.850. The van der Waals surface area contributed by atoms with Gasteiger partial charge in [0, 0.05) is 24.4 Å². The number of nitrogens with zero attached hydrogens (tertiary/aromatic N) is 2. The Bertz CT molecular complexity index is 740. The molecule has 1 atom stereocenters. The third-order valence-corrected chi connectivity index (χ3v) is 3.72. The van der Waals surface area contributed by atoms with Gasteiger partial charge in [-0.1, -0.05) is 0 Å². The van der Waals surface area contributed by atoms with Crippen LogP contribution in [-0.4, -0.2) is 29.0 Å². The molecule has 8 nitrogen and oxygen atoms in total. The van der Waals surface area contributed by atoms with E-state index in [2.05, 4.69) is 9.72 Å². The summed E-state index contributed by atoms with van der Waals surface area (Å²) < 4.78 is 9.82. The first-order valence-electron chi connectivity index (χ1n) is 6.37. The minimum Gasteiger partial charge on any atom is -0.464 e. The van der Waals surface area contributed by atoms with Crippen molar-refractivity contribution in [3.05, 3.63) is 56.0 Å². The summed E-state index contributed by atoms with van der Waals surface area (Å²) in [6, 6.07) is 5.57. The second-order valence-corrected chi connectivity index (χ2v) is 5.29. The summed E-state index contributed by atoms with van der Waals surface area (Å²) in [7, 11) is 1.24. The van der Waals surface area contributed by atoms with E-state index in [1.54, 1.807) is 0 Å². The SMILES string of the molecule is COC(=O)c1csc(C(OC(C)=O)c2ccc([N+](=O)[O-])cc2)n1. The summed E-state index contributed by atoms with van der Waals surface area (Å²) in [5, 5.41) is 12.6. The molecule has 1 aromatic heterocycles. The van der Waals surface area contributed by atoms with Gasteiger partial charge in [0.2, 0.25) is 0 Å². The quantitative estimate of drug-likeness (QED) is 0.469. The molecule has 1 aromatic carbocycles. The Morgan fingerprint density at radius 1 is 1.30 bits per heavy atom. The fourth-order valence-electron chi connectivity index (χ4n) is 1.80. The molecule has 0 amide bonds. The van der Waals surface area contributed by atoms with E-state index < -0.39 is 23.0 Å². The average Bonchev–Trinajstić information content (AvgIpc) is 3.01. The van der Waals surface area contributed by atoms with E-state index in [9.17, 15) is 19.7 Å². The molecule has 120 valence electrons. The third kappa shape index (κ3) is 3.89. The predicted octanol–water partition coefficient (Wildman–Crippen LogP) is 2.49. The number of aromatic nitrogens is 1. The van der Waals surface area contributed by atoms with Crippen LogP contribution in [0.25, 0.3) is 0 Å². The number of esters is 2. The van der Waals surface area contributed by atoms with Crippen molar-refractivity contribution in [3.8, 4) is 0 Å². The van der Waals surface area contributed by atoms with Crippen LogP contribution in [0.2, 0.25) is 0 Å². The van der Waals surface area contributed by atoms with Crippen LogP contribution < -0.4 is 0 Å². The highest BCUT2D eigenvalue weighted by molar-refractivity contribution is 7.09. The summed E-state index contributed by atoms with van der Waals surface area (Å²) in [6.45, 7) is 1.24. The first-order chi connectivity index (χ1) is 10.9. The van der Waals surface area contributed by atoms with Crippen LogP contribution >= 0.6 is 11.3 Å². The molecule has 0 fully saturated rings. The van der Waals surface area contributed by atoms with Crippen LogP contribution in [0.4, 0.5) is 5.69 Å². The van der Waals surface area contributed by atoms with Crippen LogP contribution in [0.15, 0.2) is 29.6 Å². The van der Waals surface area contributed by atoms with Crippen LogP contribution in [0.3, 0.4) is 0 Å². The summed E-state index contributed by atoms with van der Waals surface area (Å²) in [4.78, 5) is 37.1. The van der Waals surface area contributed by atoms with Gasteiger partial charge in [-0.2, -0.15) is 0 Å². The molecule has 0 aliphatic rings. The second kappa shape index (κ2) is 6.97. The monoisotopic (exact) mass is 336 g/mol. The largest absolute Gasteiger partial charge is 0.464 e. The number of carbonyl (C=O) groups is 2. The first-order valence-corrected chi connectivity index (χ1v) is 7.25. The van der Waals surface area contributed by atoms with E-state index in [1.165, 1.54) is 43.7 Å². The van der Waals surface area contributed by atoms with Crippen molar-refractivity contribution in [1.82, 2.24) is 4.98 Å². The zero-order valence-electron chi connectivity index (χ0n) is 12.2. The molecule has 0 radical (unpaired) electrons. The number of nitro benzene ring substituents is 1. The van der Waals surface area contributed by atoms with Crippen molar-refractivity contribution in [2.75, 3.05) is 7.11 Å². The molecule has 23 heavy (non-hydrogen) atoms. The average molecular weight is 336 g/mol. The number of hydrogen-bond donors (Lipinski definition) is 0. The molecule has 9 heteroatoms. The molecule has 0 aliphatic carbocycles. The smallest absolute Gasteiger partial charge is 0.357 e. The molecule has 2 rings (SSSR count). The van der Waals surface area contributed by atoms with Gasteiger partial charge in [0.15, 0.2) is 11.8 Å². The third-order valence-electron chi connectivity index (χ3n) is 2.83. The number of rotatable bonds is 5. The lowest BCUT2D eigenvalue weighted by molar-refractivity contribution is -0.384. The van der Waals surface area contributed by atoms with Crippen molar-refractivity contribution in [3.63, 3.8) is 0 Å². The molecule has 0 saturated heterocycles. The van der Waals surface area contributed by atoms with E-state index in [0.29, 0.717) is 10.6 Å². The topological polar surface area (TPSA) is 109 Å². The van der Waals surface area contributed by atoms with Gasteiger partial charge in [-0.3, -0.25) is 14.9 Å². The highest BCUT2D eigenvalue weighted by atomic mass is 32.1. The van der Waals surface area contributed by atoms with Gasteiger partial charge in [-0.15, -0.1) is 11.3 Å². The molecular weight excluding hydrogens is 324 g/mol. The van der Waals surface area contributed by atoms with Gasteiger partial charge in [0.25, 0.3) is 5.69 Å². The molecule has 0 N–H and O–H groups in total. The number of non-ortho nitro benzene ring substituents is 1. The van der Waals surface area contributed by atoms with Gasteiger partial charge in [0.05, 0.1) is 12.0 Å². The molecule has 2 aromatic rings. The van der Waals surface area contributed by atoms with E-state index in [1.807, 2.05) is 0 Å². The van der Waals surface area contributed by atoms with E-state index in [4.69, 9.17) is 4.74 Å². The lowest BCUT2D eigenvalue weighted by Crippen LogP contribution is -2.11. The molecule has 0 bridgehead atoms. The Balaban J connectivity index is 2.36. The molecular formula is C14H12N2O6S. The summed E-state index contributed by atoms with van der Waals surface area (Å²) >= 11 is 1.13. The maximum absolute atomic E-state index is 11.5. The van der Waals surface area contributed by atoms with Crippen LogP contribution in [0, 0.1) is 10.1 Å². The highest BCUT2D eigenvalue weighted by Gasteiger charge is 2.23. The summed E-state index contributed by atoms with van der Waals surface area (Å²) in [5.41, 5.74) is 0.535. The number of benzene rings is 1. The van der Waals surface area contributed by atoms with Crippen molar-refractivity contribution < 1.29 is 24.0 Å². The molecule has 0 aliphatic heterocycles. The minimum absolute atomic E-state index is 0.0790. The zero-order valence-corrected chi connectivity index (χ0v) is 13.0. The van der Waals surface area contributed by atoms with Crippen molar-refractivity contribution in [2.45, 2.75) is 13.0 Å². The van der Waals surface area contributed by atoms with Crippen LogP contribution in [-0.2, 0) is 14.3 Å². The molecule has 0 spiro atoms. The Hall–Kier alpha value is -2.81. The lowest BCUT2D eigenvalue weighted by Gasteiger charge is -2.14. The van der Waals surface area contributed by atoms with Crippen LogP contribution in [0.1, 0.15) is 34.1 Å². The summed E-state index contributed by atoms with van der Waals surface area (Å²) in [5.74, 6) is -1.14. The molecule has 1 heterocycles. The van der Waals surface area contributed by atoms with Crippen molar-refractivity contribution >= 4 is 29.0 Å². The number of carbonyl (C=O) groups excluding carboxylic acids is 2. The Morgan fingerprint density at radius 3 is 2.48 bits per heavy atom. The fraction of sp³-hybridized carbons (Fsp3) is 0.214. The van der Waals surface area contributed by atoms with E-state index in [-0.39, 0.29) is 11.4 Å². The van der Waals surface area contributed by atoms with E-state index >= 15 is 0 Å². The highest BCUT2D eigenvalue weighted by Crippen LogP contribution is 2.30. The number of thiazole rings is 1. The predicted molar refractivity (Wildman–Crippen MR) is 80.2 cm³/mol. The van der Waals surface area contributed by atoms with Crippen molar-refractivity contribution in [2.24, 2.45) is 0 Å². The number of hydrogen-bond acceptors (Lipinski definition) is 8. The lowest BCUT2D eigenvalue weighted by atomic mass is 10.1. The normalized spacial score (nSPS) is 11.6.